The van der Waals surface area contributed by atoms with Crippen molar-refractivity contribution in [2.75, 3.05) is 32.4 Å². The number of carbonyl (C=O) groups excluding carboxylic acids is 1. The average Bonchev–Trinajstić information content (AvgIpc) is 2.85. The van der Waals surface area contributed by atoms with Gasteiger partial charge in [-0.3, -0.25) is 4.79 Å². The second kappa shape index (κ2) is 11.3. The number of benzene rings is 1. The maximum Gasteiger partial charge on any atom is 0.222 e. The third-order valence-corrected chi connectivity index (χ3v) is 7.33. The maximum atomic E-state index is 12.1. The molecule has 7 heteroatoms. The third kappa shape index (κ3) is 7.58. The molecule has 2 rings (SSSR count). The molecule has 5 nitrogen and oxygen atoms in total. The van der Waals surface area contributed by atoms with Crippen molar-refractivity contribution in [3.05, 3.63) is 28.8 Å². The summed E-state index contributed by atoms with van der Waals surface area (Å²) in [5.74, 6) is 0.317. The number of carbonyl (C=O) groups is 1. The number of sulfone groups is 1. The van der Waals surface area contributed by atoms with Crippen LogP contribution in [0, 0.1) is 0 Å². The molecule has 0 aliphatic carbocycles. The van der Waals surface area contributed by atoms with Crippen LogP contribution in [0.5, 0.6) is 0 Å². The monoisotopic (exact) mass is 442 g/mol. The van der Waals surface area contributed by atoms with Gasteiger partial charge in [0.05, 0.1) is 9.92 Å². The van der Waals surface area contributed by atoms with E-state index in [2.05, 4.69) is 18.7 Å². The van der Waals surface area contributed by atoms with Crippen molar-refractivity contribution >= 4 is 27.3 Å². The number of nitrogens with zero attached hydrogens (tertiary/aromatic N) is 2. The molecule has 164 valence electrons. The standard InChI is InChI=1S/C22H35ClN2O3S/c1-4-24(13-8-9-15-25-14-7-5-6-10-22(25)26)18(2)16-19-11-12-21(20(23)17-19)29(3,27)28/h11-12,17-18H,4-10,13-16H2,1-3H3. The molecule has 0 spiro atoms. The van der Waals surface area contributed by atoms with E-state index in [4.69, 9.17) is 11.6 Å². The first-order chi connectivity index (χ1) is 13.7. The van der Waals surface area contributed by atoms with Gasteiger partial charge >= 0.3 is 0 Å². The van der Waals surface area contributed by atoms with Crippen molar-refractivity contribution < 1.29 is 13.2 Å². The molecular formula is C22H35ClN2O3S. The molecule has 0 N–H and O–H groups in total. The average molecular weight is 443 g/mol. The Balaban J connectivity index is 1.83. The Kier molecular flexibility index (Phi) is 9.44. The van der Waals surface area contributed by atoms with E-state index in [1.807, 2.05) is 11.0 Å². The van der Waals surface area contributed by atoms with Crippen LogP contribution in [0.1, 0.15) is 57.9 Å². The lowest BCUT2D eigenvalue weighted by Gasteiger charge is -2.28. The molecule has 1 aliphatic heterocycles. The van der Waals surface area contributed by atoms with Crippen LogP contribution in [-0.4, -0.2) is 62.6 Å². The first-order valence-corrected chi connectivity index (χ1v) is 13.0. The van der Waals surface area contributed by atoms with Gasteiger partial charge in [0, 0.05) is 31.8 Å². The normalized spacial score (nSPS) is 16.9. The van der Waals surface area contributed by atoms with Crippen molar-refractivity contribution in [1.29, 1.82) is 0 Å². The molecule has 1 saturated heterocycles. The molecule has 1 amide bonds. The highest BCUT2D eigenvalue weighted by Crippen LogP contribution is 2.24. The molecule has 1 aromatic rings. The number of halogens is 1. The van der Waals surface area contributed by atoms with Crippen LogP contribution in [0.15, 0.2) is 23.1 Å². The molecule has 1 aromatic carbocycles. The van der Waals surface area contributed by atoms with E-state index in [0.29, 0.717) is 23.4 Å². The number of hydrogen-bond donors (Lipinski definition) is 0. The predicted octanol–water partition coefficient (Wildman–Crippen LogP) is 4.18. The minimum Gasteiger partial charge on any atom is -0.343 e. The Morgan fingerprint density at radius 1 is 1.21 bits per heavy atom. The summed E-state index contributed by atoms with van der Waals surface area (Å²) >= 11 is 6.19. The Morgan fingerprint density at radius 2 is 1.97 bits per heavy atom. The van der Waals surface area contributed by atoms with Crippen LogP contribution >= 0.6 is 11.6 Å². The fourth-order valence-corrected chi connectivity index (χ4v) is 5.38. The molecule has 1 unspecified atom stereocenters. The lowest BCUT2D eigenvalue weighted by Crippen LogP contribution is -2.36. The second-order valence-electron chi connectivity index (χ2n) is 8.12. The summed E-state index contributed by atoms with van der Waals surface area (Å²) in [7, 11) is -3.30. The molecule has 1 atom stereocenters. The van der Waals surface area contributed by atoms with Crippen molar-refractivity contribution in [1.82, 2.24) is 9.80 Å². The zero-order valence-corrected chi connectivity index (χ0v) is 19.6. The minimum atomic E-state index is -3.30. The molecule has 0 saturated carbocycles. The quantitative estimate of drug-likeness (QED) is 0.510. The fraction of sp³-hybridized carbons (Fsp3) is 0.682. The molecule has 29 heavy (non-hydrogen) atoms. The fourth-order valence-electron chi connectivity index (χ4n) is 4.02. The van der Waals surface area contributed by atoms with Crippen molar-refractivity contribution in [2.45, 2.75) is 69.7 Å². The summed E-state index contributed by atoms with van der Waals surface area (Å²) in [6, 6.07) is 5.57. The summed E-state index contributed by atoms with van der Waals surface area (Å²) in [4.78, 5) is 16.7. The van der Waals surface area contributed by atoms with Gasteiger partial charge in [-0.2, -0.15) is 0 Å². The maximum absolute atomic E-state index is 12.1. The number of hydrogen-bond acceptors (Lipinski definition) is 4. The number of amides is 1. The topological polar surface area (TPSA) is 57.7 Å². The van der Waals surface area contributed by atoms with Gasteiger partial charge < -0.3 is 9.80 Å². The van der Waals surface area contributed by atoms with E-state index in [9.17, 15) is 13.2 Å². The largest absolute Gasteiger partial charge is 0.343 e. The smallest absolute Gasteiger partial charge is 0.222 e. The van der Waals surface area contributed by atoms with Crippen LogP contribution in [-0.2, 0) is 21.1 Å². The van der Waals surface area contributed by atoms with E-state index < -0.39 is 9.84 Å². The van der Waals surface area contributed by atoms with E-state index in [0.717, 1.165) is 63.8 Å². The summed E-state index contributed by atoms with van der Waals surface area (Å²) in [5, 5.41) is 0.294. The van der Waals surface area contributed by atoms with E-state index in [1.165, 1.54) is 12.7 Å². The Morgan fingerprint density at radius 3 is 2.62 bits per heavy atom. The van der Waals surface area contributed by atoms with Gasteiger partial charge in [-0.15, -0.1) is 0 Å². The lowest BCUT2D eigenvalue weighted by atomic mass is 10.1. The lowest BCUT2D eigenvalue weighted by molar-refractivity contribution is -0.130. The Hall–Kier alpha value is -1.11. The summed E-state index contributed by atoms with van der Waals surface area (Å²) < 4.78 is 23.4. The van der Waals surface area contributed by atoms with Crippen molar-refractivity contribution in [2.24, 2.45) is 0 Å². The predicted molar refractivity (Wildman–Crippen MR) is 119 cm³/mol. The molecule has 0 aromatic heterocycles. The first kappa shape index (κ1) is 24.2. The number of unbranched alkanes of at least 4 members (excludes halogenated alkanes) is 1. The molecular weight excluding hydrogens is 408 g/mol. The van der Waals surface area contributed by atoms with Crippen molar-refractivity contribution in [3.8, 4) is 0 Å². The van der Waals surface area contributed by atoms with Gasteiger partial charge in [0.25, 0.3) is 0 Å². The summed E-state index contributed by atoms with van der Waals surface area (Å²) in [6.45, 7) is 8.09. The number of rotatable bonds is 10. The van der Waals surface area contributed by atoms with Gasteiger partial charge in [-0.25, -0.2) is 8.42 Å². The van der Waals surface area contributed by atoms with Gasteiger partial charge in [0.2, 0.25) is 5.91 Å². The third-order valence-electron chi connectivity index (χ3n) is 5.75. The SMILES string of the molecule is CCN(CCCCN1CCCCCC1=O)C(C)Cc1ccc(S(C)(=O)=O)c(Cl)c1. The summed E-state index contributed by atoms with van der Waals surface area (Å²) in [6.07, 6.45) is 8.13. The molecule has 1 aliphatic rings. The Bertz CT molecular complexity index is 782. The van der Waals surface area contributed by atoms with Gasteiger partial charge in [-0.05, 0) is 69.8 Å². The van der Waals surface area contributed by atoms with Crippen LogP contribution in [0.4, 0.5) is 0 Å². The van der Waals surface area contributed by atoms with Crippen molar-refractivity contribution in [3.63, 3.8) is 0 Å². The molecule has 1 heterocycles. The highest BCUT2D eigenvalue weighted by molar-refractivity contribution is 7.90. The van der Waals surface area contributed by atoms with E-state index >= 15 is 0 Å². The molecule has 1 fully saturated rings. The molecule has 0 radical (unpaired) electrons. The van der Waals surface area contributed by atoms with Gasteiger partial charge in [0.1, 0.15) is 0 Å². The zero-order chi connectivity index (χ0) is 21.4. The first-order valence-electron chi connectivity index (χ1n) is 10.7. The van der Waals surface area contributed by atoms with Crippen LogP contribution in [0.25, 0.3) is 0 Å². The molecule has 0 bridgehead atoms. The van der Waals surface area contributed by atoms with E-state index in [1.54, 1.807) is 12.1 Å². The number of likely N-dealkylation sites (tertiary alicyclic amines) is 1. The zero-order valence-electron chi connectivity index (χ0n) is 18.0. The second-order valence-corrected chi connectivity index (χ2v) is 10.5. The minimum absolute atomic E-state index is 0.186. The Labute approximate surface area is 181 Å². The van der Waals surface area contributed by atoms with Crippen LogP contribution < -0.4 is 0 Å². The van der Waals surface area contributed by atoms with Gasteiger partial charge in [-0.1, -0.05) is 31.0 Å². The van der Waals surface area contributed by atoms with E-state index in [-0.39, 0.29) is 4.90 Å². The van der Waals surface area contributed by atoms with Crippen LogP contribution in [0.2, 0.25) is 5.02 Å². The van der Waals surface area contributed by atoms with Gasteiger partial charge in [0.15, 0.2) is 9.84 Å². The van der Waals surface area contributed by atoms with Crippen LogP contribution in [0.3, 0.4) is 0 Å². The number of likely N-dealkylation sites (N-methyl/N-ethyl adjacent to an activating group) is 1. The highest BCUT2D eigenvalue weighted by atomic mass is 35.5. The highest BCUT2D eigenvalue weighted by Gasteiger charge is 2.18. The summed E-state index contributed by atoms with van der Waals surface area (Å²) in [5.41, 5.74) is 1.04.